The summed E-state index contributed by atoms with van der Waals surface area (Å²) in [5.41, 5.74) is 1.04. The van der Waals surface area contributed by atoms with Crippen molar-refractivity contribution in [3.63, 3.8) is 0 Å². The van der Waals surface area contributed by atoms with Crippen molar-refractivity contribution in [2.45, 2.75) is 13.8 Å². The van der Waals surface area contributed by atoms with Crippen molar-refractivity contribution in [2.75, 3.05) is 14.1 Å². The Hall–Kier alpha value is -1.65. The summed E-state index contributed by atoms with van der Waals surface area (Å²) in [4.78, 5) is 18.2. The van der Waals surface area contributed by atoms with Crippen molar-refractivity contribution in [3.8, 4) is 0 Å². The standard InChI is InChI=1S/C9H14N4O/c1-6-8(5-10-13(3)4)9(14)12-7(2)11-6/h5H,1-4H3,(H,11,12,14). The number of nitrogens with one attached hydrogen (secondary N) is 1. The molecule has 5 heteroatoms. The quantitative estimate of drug-likeness (QED) is 0.543. The van der Waals surface area contributed by atoms with E-state index in [-0.39, 0.29) is 5.56 Å². The van der Waals surface area contributed by atoms with Crippen LogP contribution in [0.15, 0.2) is 9.90 Å². The second-order valence-corrected chi connectivity index (χ2v) is 3.24. The van der Waals surface area contributed by atoms with Gasteiger partial charge in [-0.3, -0.25) is 4.79 Å². The Bertz CT molecular complexity index is 406. The number of hydrogen-bond donors (Lipinski definition) is 1. The molecule has 0 saturated carbocycles. The molecule has 0 aliphatic carbocycles. The highest BCUT2D eigenvalue weighted by molar-refractivity contribution is 5.80. The highest BCUT2D eigenvalue weighted by Gasteiger charge is 2.03. The van der Waals surface area contributed by atoms with E-state index >= 15 is 0 Å². The predicted octanol–water partition coefficient (Wildman–Crippen LogP) is 0.282. The lowest BCUT2D eigenvalue weighted by molar-refractivity contribution is 0.440. The summed E-state index contributed by atoms with van der Waals surface area (Å²) in [7, 11) is 3.59. The molecule has 0 spiro atoms. The summed E-state index contributed by atoms with van der Waals surface area (Å²) >= 11 is 0. The molecule has 0 fully saturated rings. The van der Waals surface area contributed by atoms with Gasteiger partial charge in [0.05, 0.1) is 17.5 Å². The van der Waals surface area contributed by atoms with Gasteiger partial charge in [-0.15, -0.1) is 0 Å². The molecule has 0 amide bonds. The van der Waals surface area contributed by atoms with Crippen LogP contribution >= 0.6 is 0 Å². The maximum atomic E-state index is 11.5. The average Bonchev–Trinajstić information content (AvgIpc) is 2.01. The first-order chi connectivity index (χ1) is 6.50. The first kappa shape index (κ1) is 10.4. The van der Waals surface area contributed by atoms with E-state index in [0.717, 1.165) is 0 Å². The molecule has 1 rings (SSSR count). The maximum Gasteiger partial charge on any atom is 0.260 e. The van der Waals surface area contributed by atoms with E-state index in [1.165, 1.54) is 6.21 Å². The molecule has 0 aromatic carbocycles. The van der Waals surface area contributed by atoms with Crippen molar-refractivity contribution in [2.24, 2.45) is 5.10 Å². The van der Waals surface area contributed by atoms with Gasteiger partial charge in [0.2, 0.25) is 0 Å². The zero-order valence-corrected chi connectivity index (χ0v) is 8.83. The minimum absolute atomic E-state index is 0.152. The first-order valence-electron chi connectivity index (χ1n) is 4.29. The first-order valence-corrected chi connectivity index (χ1v) is 4.29. The van der Waals surface area contributed by atoms with E-state index in [1.807, 2.05) is 0 Å². The fourth-order valence-electron chi connectivity index (χ4n) is 1.06. The SMILES string of the molecule is Cc1nc(C)c(C=NN(C)C)c(=O)[nH]1. The van der Waals surface area contributed by atoms with Crippen molar-refractivity contribution in [1.82, 2.24) is 15.0 Å². The number of hydrogen-bond acceptors (Lipinski definition) is 4. The number of H-pyrrole nitrogens is 1. The highest BCUT2D eigenvalue weighted by atomic mass is 16.1. The summed E-state index contributed by atoms with van der Waals surface area (Å²) in [5.74, 6) is 0.620. The van der Waals surface area contributed by atoms with E-state index in [4.69, 9.17) is 0 Å². The molecule has 0 radical (unpaired) electrons. The van der Waals surface area contributed by atoms with Gasteiger partial charge >= 0.3 is 0 Å². The van der Waals surface area contributed by atoms with E-state index in [1.54, 1.807) is 33.0 Å². The second kappa shape index (κ2) is 4.04. The Labute approximate surface area is 82.5 Å². The fraction of sp³-hybridized carbons (Fsp3) is 0.444. The maximum absolute atomic E-state index is 11.5. The Morgan fingerprint density at radius 1 is 1.43 bits per heavy atom. The Balaban J connectivity index is 3.16. The molecule has 0 unspecified atom stereocenters. The van der Waals surface area contributed by atoms with Gasteiger partial charge in [0.15, 0.2) is 0 Å². The van der Waals surface area contributed by atoms with Gasteiger partial charge in [-0.25, -0.2) is 4.98 Å². The molecule has 1 aromatic heterocycles. The highest BCUT2D eigenvalue weighted by Crippen LogP contribution is 1.95. The molecule has 1 N–H and O–H groups in total. The van der Waals surface area contributed by atoms with Gasteiger partial charge in [0, 0.05) is 14.1 Å². The van der Waals surface area contributed by atoms with E-state index in [2.05, 4.69) is 15.1 Å². The molecule has 76 valence electrons. The number of nitrogens with zero attached hydrogens (tertiary/aromatic N) is 3. The van der Waals surface area contributed by atoms with E-state index in [9.17, 15) is 4.79 Å². The second-order valence-electron chi connectivity index (χ2n) is 3.24. The van der Waals surface area contributed by atoms with Crippen LogP contribution in [-0.2, 0) is 0 Å². The summed E-state index contributed by atoms with van der Waals surface area (Å²) in [5, 5.41) is 5.62. The number of rotatable bonds is 2. The molecule has 1 heterocycles. The van der Waals surface area contributed by atoms with E-state index < -0.39 is 0 Å². The number of aromatic amines is 1. The van der Waals surface area contributed by atoms with Crippen molar-refractivity contribution < 1.29 is 0 Å². The zero-order valence-electron chi connectivity index (χ0n) is 8.83. The molecular weight excluding hydrogens is 180 g/mol. The Kier molecular flexibility index (Phi) is 3.01. The summed E-state index contributed by atoms with van der Waals surface area (Å²) in [6.45, 7) is 3.54. The molecule has 0 aliphatic heterocycles. The largest absolute Gasteiger partial charge is 0.310 e. The van der Waals surface area contributed by atoms with Crippen molar-refractivity contribution in [1.29, 1.82) is 0 Å². The average molecular weight is 194 g/mol. The van der Waals surface area contributed by atoms with Crippen LogP contribution in [0.4, 0.5) is 0 Å². The van der Waals surface area contributed by atoms with Crippen LogP contribution in [0.3, 0.4) is 0 Å². The number of aryl methyl sites for hydroxylation is 2. The Morgan fingerprint density at radius 2 is 2.07 bits per heavy atom. The van der Waals surface area contributed by atoms with Gasteiger partial charge in [0.25, 0.3) is 5.56 Å². The van der Waals surface area contributed by atoms with E-state index in [0.29, 0.717) is 17.1 Å². The third kappa shape index (κ3) is 2.42. The summed E-state index contributed by atoms with van der Waals surface area (Å²) < 4.78 is 0. The Morgan fingerprint density at radius 3 is 2.57 bits per heavy atom. The normalized spacial score (nSPS) is 10.9. The van der Waals surface area contributed by atoms with Gasteiger partial charge in [-0.05, 0) is 13.8 Å². The van der Waals surface area contributed by atoms with Crippen molar-refractivity contribution >= 4 is 6.21 Å². The van der Waals surface area contributed by atoms with Gasteiger partial charge in [-0.2, -0.15) is 5.10 Å². The van der Waals surface area contributed by atoms with Crippen LogP contribution in [-0.4, -0.2) is 35.3 Å². The monoisotopic (exact) mass is 194 g/mol. The molecule has 14 heavy (non-hydrogen) atoms. The summed E-state index contributed by atoms with van der Waals surface area (Å²) in [6, 6.07) is 0. The van der Waals surface area contributed by atoms with Crippen LogP contribution in [0, 0.1) is 13.8 Å². The predicted molar refractivity (Wildman–Crippen MR) is 55.6 cm³/mol. The van der Waals surface area contributed by atoms with Crippen LogP contribution in [0.25, 0.3) is 0 Å². The smallest absolute Gasteiger partial charge is 0.260 e. The van der Waals surface area contributed by atoms with Crippen LogP contribution in [0.1, 0.15) is 17.1 Å². The molecule has 1 aromatic rings. The molecule has 0 aliphatic rings. The third-order valence-corrected chi connectivity index (χ3v) is 1.68. The van der Waals surface area contributed by atoms with Crippen molar-refractivity contribution in [3.05, 3.63) is 27.4 Å². The van der Waals surface area contributed by atoms with Crippen LogP contribution < -0.4 is 5.56 Å². The number of aromatic nitrogens is 2. The topological polar surface area (TPSA) is 61.4 Å². The lowest BCUT2D eigenvalue weighted by Crippen LogP contribution is -2.18. The minimum atomic E-state index is -0.152. The van der Waals surface area contributed by atoms with Gasteiger partial charge in [-0.1, -0.05) is 0 Å². The summed E-state index contributed by atoms with van der Waals surface area (Å²) in [6.07, 6.45) is 1.51. The lowest BCUT2D eigenvalue weighted by atomic mass is 10.2. The zero-order chi connectivity index (χ0) is 10.7. The third-order valence-electron chi connectivity index (χ3n) is 1.68. The fourth-order valence-corrected chi connectivity index (χ4v) is 1.06. The minimum Gasteiger partial charge on any atom is -0.310 e. The molecule has 5 nitrogen and oxygen atoms in total. The van der Waals surface area contributed by atoms with Gasteiger partial charge < -0.3 is 9.99 Å². The molecule has 0 bridgehead atoms. The molecular formula is C9H14N4O. The van der Waals surface area contributed by atoms with Gasteiger partial charge in [0.1, 0.15) is 5.82 Å². The van der Waals surface area contributed by atoms with Crippen LogP contribution in [0.2, 0.25) is 0 Å². The number of hydrazone groups is 1. The molecule has 0 atom stereocenters. The molecule has 0 saturated heterocycles. The lowest BCUT2D eigenvalue weighted by Gasteiger charge is -2.03. The van der Waals surface area contributed by atoms with Crippen LogP contribution in [0.5, 0.6) is 0 Å².